The number of anilines is 1. The number of ether oxygens (including phenoxy) is 1. The molecule has 1 fully saturated rings. The molecular formula is C16H20N2O2S. The van der Waals surface area contributed by atoms with E-state index in [4.69, 9.17) is 11.2 Å². The number of thioether (sulfide) groups is 1. The van der Waals surface area contributed by atoms with E-state index >= 15 is 0 Å². The molecule has 0 radical (unpaired) electrons. The molecule has 1 aromatic rings. The molecule has 1 N–H and O–H groups in total. The highest BCUT2D eigenvalue weighted by Gasteiger charge is 2.25. The summed E-state index contributed by atoms with van der Waals surface area (Å²) in [5.41, 5.74) is 0.765. The van der Waals surface area contributed by atoms with Gasteiger partial charge < -0.3 is 15.0 Å². The fraction of sp³-hybridized carbons (Fsp3) is 0.438. The Morgan fingerprint density at radius 3 is 2.95 bits per heavy atom. The highest BCUT2D eigenvalue weighted by atomic mass is 32.2. The van der Waals surface area contributed by atoms with Crippen molar-refractivity contribution in [1.82, 2.24) is 4.90 Å². The number of carbonyl (C=O) groups excluding carboxylic acids is 1. The number of hydrogen-bond acceptors (Lipinski definition) is 3. The van der Waals surface area contributed by atoms with E-state index in [1.54, 1.807) is 12.1 Å². The summed E-state index contributed by atoms with van der Waals surface area (Å²) < 4.78 is 5.29. The molecule has 2 amide bonds. The van der Waals surface area contributed by atoms with E-state index in [1.807, 2.05) is 28.8 Å². The van der Waals surface area contributed by atoms with Crippen LogP contribution in [0.25, 0.3) is 0 Å². The number of urea groups is 1. The second-order valence-electron chi connectivity index (χ2n) is 5.00. The van der Waals surface area contributed by atoms with Gasteiger partial charge in [-0.15, -0.1) is 6.42 Å². The van der Waals surface area contributed by atoms with Crippen molar-refractivity contribution in [2.24, 2.45) is 5.92 Å². The summed E-state index contributed by atoms with van der Waals surface area (Å²) >= 11 is 1.84. The van der Waals surface area contributed by atoms with E-state index in [-0.39, 0.29) is 12.6 Å². The van der Waals surface area contributed by atoms with Crippen LogP contribution in [-0.4, -0.2) is 42.6 Å². The number of likely N-dealkylation sites (tertiary alicyclic amines) is 1. The molecule has 1 saturated heterocycles. The summed E-state index contributed by atoms with van der Waals surface area (Å²) in [7, 11) is 0. The predicted octanol–water partition coefficient (Wildman–Crippen LogP) is 2.92. The number of benzene rings is 1. The average molecular weight is 304 g/mol. The predicted molar refractivity (Wildman–Crippen MR) is 87.9 cm³/mol. The molecule has 1 atom stereocenters. The quantitative estimate of drug-likeness (QED) is 0.851. The van der Waals surface area contributed by atoms with Crippen LogP contribution in [0.5, 0.6) is 5.75 Å². The molecule has 1 aromatic carbocycles. The minimum Gasteiger partial charge on any atom is -0.481 e. The van der Waals surface area contributed by atoms with Gasteiger partial charge in [-0.05, 0) is 48.6 Å². The maximum absolute atomic E-state index is 12.2. The lowest BCUT2D eigenvalue weighted by Crippen LogP contribution is -2.33. The van der Waals surface area contributed by atoms with Crippen molar-refractivity contribution in [2.45, 2.75) is 6.42 Å². The van der Waals surface area contributed by atoms with Gasteiger partial charge >= 0.3 is 6.03 Å². The molecule has 0 unspecified atom stereocenters. The molecule has 1 aliphatic rings. The number of nitrogens with zero attached hydrogens (tertiary/aromatic N) is 1. The van der Waals surface area contributed by atoms with Gasteiger partial charge in [0, 0.05) is 18.8 Å². The lowest BCUT2D eigenvalue weighted by Gasteiger charge is -2.17. The Morgan fingerprint density at radius 2 is 2.29 bits per heavy atom. The normalized spacial score (nSPS) is 17.3. The van der Waals surface area contributed by atoms with Gasteiger partial charge in [-0.3, -0.25) is 0 Å². The van der Waals surface area contributed by atoms with Crippen LogP contribution in [0.2, 0.25) is 0 Å². The molecular weight excluding hydrogens is 284 g/mol. The minimum atomic E-state index is -0.0316. The van der Waals surface area contributed by atoms with Crippen molar-refractivity contribution in [3.05, 3.63) is 24.3 Å². The Kier molecular flexibility index (Phi) is 5.82. The summed E-state index contributed by atoms with van der Waals surface area (Å²) in [4.78, 5) is 14.1. The Hall–Kier alpha value is -1.80. The SMILES string of the molecule is C#CCOc1ccc(NC(=O)N2CC[C@@H](CSC)C2)cc1. The second-order valence-corrected chi connectivity index (χ2v) is 5.91. The van der Waals surface area contributed by atoms with E-state index in [0.29, 0.717) is 11.7 Å². The standard InChI is InChI=1S/C16H20N2O2S/c1-3-10-20-15-6-4-14(5-7-15)17-16(19)18-9-8-13(11-18)12-21-2/h1,4-7,13H,8-12H2,2H3,(H,17,19)/t13-/m1/s1. The zero-order valence-corrected chi connectivity index (χ0v) is 13.0. The van der Waals surface area contributed by atoms with Crippen molar-refractivity contribution in [1.29, 1.82) is 0 Å². The minimum absolute atomic E-state index is 0.0316. The number of terminal acetylenes is 1. The van der Waals surface area contributed by atoms with Gasteiger partial charge in [0.2, 0.25) is 0 Å². The fourth-order valence-corrected chi connectivity index (χ4v) is 3.09. The van der Waals surface area contributed by atoms with E-state index in [9.17, 15) is 4.79 Å². The summed E-state index contributed by atoms with van der Waals surface area (Å²) in [5, 5.41) is 2.91. The topological polar surface area (TPSA) is 41.6 Å². The van der Waals surface area contributed by atoms with Gasteiger partial charge in [0.25, 0.3) is 0 Å². The summed E-state index contributed by atoms with van der Waals surface area (Å²) in [5.74, 6) is 4.85. The maximum Gasteiger partial charge on any atom is 0.321 e. The molecule has 2 rings (SSSR count). The lowest BCUT2D eigenvalue weighted by atomic mass is 10.2. The monoisotopic (exact) mass is 304 g/mol. The number of carbonyl (C=O) groups is 1. The molecule has 0 bridgehead atoms. The molecule has 112 valence electrons. The van der Waals surface area contributed by atoms with Gasteiger partial charge in [-0.2, -0.15) is 11.8 Å². The highest BCUT2D eigenvalue weighted by Crippen LogP contribution is 2.21. The first kappa shape index (κ1) is 15.6. The molecule has 5 heteroatoms. The van der Waals surface area contributed by atoms with Gasteiger partial charge in [-0.1, -0.05) is 5.92 Å². The third-order valence-electron chi connectivity index (χ3n) is 3.40. The van der Waals surface area contributed by atoms with Crippen LogP contribution in [0.3, 0.4) is 0 Å². The Labute approximate surface area is 130 Å². The van der Waals surface area contributed by atoms with Crippen LogP contribution in [0.1, 0.15) is 6.42 Å². The molecule has 1 heterocycles. The molecule has 1 aliphatic heterocycles. The van der Waals surface area contributed by atoms with Crippen LogP contribution < -0.4 is 10.1 Å². The largest absolute Gasteiger partial charge is 0.481 e. The Balaban J connectivity index is 1.84. The number of hydrogen-bond donors (Lipinski definition) is 1. The van der Waals surface area contributed by atoms with Gasteiger partial charge in [0.15, 0.2) is 0 Å². The maximum atomic E-state index is 12.2. The van der Waals surface area contributed by atoms with Crippen molar-refractivity contribution in [3.63, 3.8) is 0 Å². The van der Waals surface area contributed by atoms with Crippen molar-refractivity contribution < 1.29 is 9.53 Å². The summed E-state index contributed by atoms with van der Waals surface area (Å²) in [6.07, 6.45) is 8.33. The molecule has 0 aromatic heterocycles. The first-order valence-corrected chi connectivity index (χ1v) is 8.33. The van der Waals surface area contributed by atoms with Crippen molar-refractivity contribution in [3.8, 4) is 18.1 Å². The average Bonchev–Trinajstić information content (AvgIpc) is 2.96. The third kappa shape index (κ3) is 4.61. The Morgan fingerprint density at radius 1 is 1.52 bits per heavy atom. The molecule has 0 saturated carbocycles. The summed E-state index contributed by atoms with van der Waals surface area (Å²) in [6, 6.07) is 7.20. The number of amides is 2. The third-order valence-corrected chi connectivity index (χ3v) is 4.21. The van der Waals surface area contributed by atoms with Crippen molar-refractivity contribution in [2.75, 3.05) is 37.0 Å². The van der Waals surface area contributed by atoms with Crippen LogP contribution in [0.4, 0.5) is 10.5 Å². The molecule has 0 spiro atoms. The molecule has 0 aliphatic carbocycles. The van der Waals surface area contributed by atoms with E-state index in [1.165, 1.54) is 0 Å². The van der Waals surface area contributed by atoms with Crippen LogP contribution in [0, 0.1) is 18.3 Å². The number of nitrogens with one attached hydrogen (secondary N) is 1. The van der Waals surface area contributed by atoms with Crippen molar-refractivity contribution >= 4 is 23.5 Å². The van der Waals surface area contributed by atoms with E-state index in [0.717, 1.165) is 31.0 Å². The first-order chi connectivity index (χ1) is 10.2. The molecule has 4 nitrogen and oxygen atoms in total. The van der Waals surface area contributed by atoms with E-state index in [2.05, 4.69) is 17.5 Å². The lowest BCUT2D eigenvalue weighted by molar-refractivity contribution is 0.221. The Bertz CT molecular complexity index is 510. The second kappa shape index (κ2) is 7.84. The number of rotatable bonds is 5. The zero-order chi connectivity index (χ0) is 15.1. The van der Waals surface area contributed by atoms with Crippen LogP contribution in [-0.2, 0) is 0 Å². The van der Waals surface area contributed by atoms with E-state index < -0.39 is 0 Å². The van der Waals surface area contributed by atoms with Gasteiger partial charge in [0.1, 0.15) is 12.4 Å². The molecule has 21 heavy (non-hydrogen) atoms. The fourth-order valence-electron chi connectivity index (χ4n) is 2.35. The van der Waals surface area contributed by atoms with Crippen LogP contribution in [0.15, 0.2) is 24.3 Å². The summed E-state index contributed by atoms with van der Waals surface area (Å²) in [6.45, 7) is 1.92. The smallest absolute Gasteiger partial charge is 0.321 e. The van der Waals surface area contributed by atoms with Crippen LogP contribution >= 0.6 is 11.8 Å². The van der Waals surface area contributed by atoms with Gasteiger partial charge in [0.05, 0.1) is 0 Å². The highest BCUT2D eigenvalue weighted by molar-refractivity contribution is 7.98. The first-order valence-electron chi connectivity index (χ1n) is 6.94. The van der Waals surface area contributed by atoms with Gasteiger partial charge in [-0.25, -0.2) is 4.79 Å². The zero-order valence-electron chi connectivity index (χ0n) is 12.2.